The van der Waals surface area contributed by atoms with Gasteiger partial charge in [0, 0.05) is 38.6 Å². The van der Waals surface area contributed by atoms with Crippen LogP contribution in [0.15, 0.2) is 35.7 Å². The highest BCUT2D eigenvalue weighted by Gasteiger charge is 2.57. The zero-order valence-corrected chi connectivity index (χ0v) is 25.2. The maximum Gasteiger partial charge on any atom is 0.420 e. The molecule has 2 unspecified atom stereocenters. The molecule has 7 nitrogen and oxygen atoms in total. The number of carbonyl (C=O) groups excluding carboxylic acids is 2. The quantitative estimate of drug-likeness (QED) is 0.400. The Labute approximate surface area is 246 Å². The standard InChI is InChI=1S/C32H42FN3O4S/c1-32(2,3)22-8-6-21(7-9-22)30(37)35-18-24-25(19-35)26(24)20-36(31(38)40-29-5-4-16-41-29)23-10-11-28(27(33)17-23)34-12-14-39-15-13-34/h4-5,10-11,16-17,21-22,24-26H,6-9,12-15,18-20H2,1-3H3. The molecule has 222 valence electrons. The first-order chi connectivity index (χ1) is 19.7. The lowest BCUT2D eigenvalue weighted by atomic mass is 9.69. The summed E-state index contributed by atoms with van der Waals surface area (Å²) in [7, 11) is 0. The fraction of sp³-hybridized carbons (Fsp3) is 0.625. The molecular weight excluding hydrogens is 541 g/mol. The molecule has 0 radical (unpaired) electrons. The molecular formula is C32H42FN3O4S. The van der Waals surface area contributed by atoms with E-state index in [9.17, 15) is 9.59 Å². The van der Waals surface area contributed by atoms with Crippen molar-refractivity contribution in [2.45, 2.75) is 46.5 Å². The zero-order chi connectivity index (χ0) is 28.7. The van der Waals surface area contributed by atoms with Crippen molar-refractivity contribution in [3.05, 3.63) is 41.5 Å². The normalized spacial score (nSPS) is 27.9. The summed E-state index contributed by atoms with van der Waals surface area (Å²) in [5, 5.41) is 2.37. The van der Waals surface area contributed by atoms with Crippen molar-refractivity contribution in [3.8, 4) is 5.06 Å². The van der Waals surface area contributed by atoms with E-state index in [1.807, 2.05) is 22.4 Å². The fourth-order valence-corrected chi connectivity index (χ4v) is 7.82. The molecule has 0 N–H and O–H groups in total. The molecule has 2 aromatic rings. The van der Waals surface area contributed by atoms with Gasteiger partial charge in [0.15, 0.2) is 5.06 Å². The van der Waals surface area contributed by atoms with Crippen LogP contribution >= 0.6 is 11.3 Å². The van der Waals surface area contributed by atoms with Crippen molar-refractivity contribution in [2.24, 2.45) is 35.0 Å². The molecule has 1 aromatic heterocycles. The predicted molar refractivity (Wildman–Crippen MR) is 159 cm³/mol. The summed E-state index contributed by atoms with van der Waals surface area (Å²) in [4.78, 5) is 32.3. The largest absolute Gasteiger partial charge is 0.420 e. The molecule has 2 aliphatic carbocycles. The van der Waals surface area contributed by atoms with Crippen LogP contribution in [0.2, 0.25) is 0 Å². The van der Waals surface area contributed by atoms with E-state index in [1.165, 1.54) is 17.4 Å². The van der Waals surface area contributed by atoms with E-state index in [0.717, 1.165) is 38.8 Å². The maximum atomic E-state index is 15.3. The maximum absolute atomic E-state index is 15.3. The van der Waals surface area contributed by atoms with Gasteiger partial charge in [-0.1, -0.05) is 20.8 Å². The number of morpholine rings is 1. The summed E-state index contributed by atoms with van der Waals surface area (Å²) in [5.74, 6) is 1.82. The Morgan fingerprint density at radius 1 is 1.07 bits per heavy atom. The molecule has 2 saturated carbocycles. The molecule has 4 fully saturated rings. The van der Waals surface area contributed by atoms with Gasteiger partial charge < -0.3 is 19.3 Å². The molecule has 9 heteroatoms. The smallest absolute Gasteiger partial charge is 0.399 e. The van der Waals surface area contributed by atoms with Crippen LogP contribution < -0.4 is 14.5 Å². The summed E-state index contributed by atoms with van der Waals surface area (Å²) in [6.07, 6.45) is 3.74. The number of hydrogen-bond acceptors (Lipinski definition) is 6. The minimum Gasteiger partial charge on any atom is -0.399 e. The van der Waals surface area contributed by atoms with Crippen LogP contribution in [-0.4, -0.2) is 62.8 Å². The van der Waals surface area contributed by atoms with Gasteiger partial charge in [-0.05, 0) is 90.5 Å². The number of fused-ring (bicyclic) bond motifs is 1. The minimum atomic E-state index is -0.500. The lowest BCUT2D eigenvalue weighted by Crippen LogP contribution is -2.41. The molecule has 2 saturated heterocycles. The van der Waals surface area contributed by atoms with Crippen LogP contribution in [0.1, 0.15) is 46.5 Å². The van der Waals surface area contributed by atoms with Crippen molar-refractivity contribution < 1.29 is 23.5 Å². The number of amides is 2. The van der Waals surface area contributed by atoms with E-state index >= 15 is 4.39 Å². The first-order valence-corrected chi connectivity index (χ1v) is 16.0. The Kier molecular flexibility index (Phi) is 8.02. The number of hydrogen-bond donors (Lipinski definition) is 0. The number of rotatable bonds is 6. The second kappa shape index (κ2) is 11.6. The minimum absolute atomic E-state index is 0.148. The number of thiophene rings is 1. The molecule has 3 heterocycles. The van der Waals surface area contributed by atoms with Gasteiger partial charge in [0.25, 0.3) is 0 Å². The van der Waals surface area contributed by atoms with E-state index in [-0.39, 0.29) is 17.7 Å². The van der Waals surface area contributed by atoms with E-state index in [0.29, 0.717) is 78.4 Å². The monoisotopic (exact) mass is 583 g/mol. The number of halogens is 1. The summed E-state index contributed by atoms with van der Waals surface area (Å²) in [6, 6.07) is 8.60. The third-order valence-electron chi connectivity index (χ3n) is 9.88. The number of benzene rings is 1. The van der Waals surface area contributed by atoms with Gasteiger partial charge in [-0.15, -0.1) is 11.3 Å². The van der Waals surface area contributed by atoms with Crippen molar-refractivity contribution in [1.82, 2.24) is 4.90 Å². The lowest BCUT2D eigenvalue weighted by Gasteiger charge is -2.37. The molecule has 0 spiro atoms. The highest BCUT2D eigenvalue weighted by Crippen LogP contribution is 2.53. The summed E-state index contributed by atoms with van der Waals surface area (Å²) < 4.78 is 26.4. The van der Waals surface area contributed by atoms with Crippen LogP contribution in [-0.2, 0) is 9.53 Å². The number of anilines is 2. The van der Waals surface area contributed by atoms with E-state index < -0.39 is 6.09 Å². The van der Waals surface area contributed by atoms with Crippen LogP contribution in [0.25, 0.3) is 0 Å². The second-order valence-corrected chi connectivity index (χ2v) is 14.2. The van der Waals surface area contributed by atoms with Crippen molar-refractivity contribution >= 4 is 34.7 Å². The highest BCUT2D eigenvalue weighted by molar-refractivity contribution is 7.11. The zero-order valence-electron chi connectivity index (χ0n) is 24.4. The van der Waals surface area contributed by atoms with Gasteiger partial charge >= 0.3 is 6.09 Å². The SMILES string of the molecule is CC(C)(C)C1CCC(C(=O)N2CC3C(C2)C3CN(C(=O)Oc2cccs2)c2ccc(N3CCOCC3)c(F)c2)CC1. The number of carbonyl (C=O) groups is 2. The van der Waals surface area contributed by atoms with E-state index in [1.54, 1.807) is 17.0 Å². The lowest BCUT2D eigenvalue weighted by molar-refractivity contribution is -0.136. The predicted octanol–water partition coefficient (Wildman–Crippen LogP) is 6.29. The summed E-state index contributed by atoms with van der Waals surface area (Å²) >= 11 is 1.35. The third kappa shape index (κ3) is 6.12. The van der Waals surface area contributed by atoms with Crippen molar-refractivity contribution in [1.29, 1.82) is 0 Å². The average molecular weight is 584 g/mol. The number of piperidine rings is 1. The third-order valence-corrected chi connectivity index (χ3v) is 10.6. The molecule has 2 aliphatic heterocycles. The number of ether oxygens (including phenoxy) is 2. The molecule has 41 heavy (non-hydrogen) atoms. The number of likely N-dealkylation sites (tertiary alicyclic amines) is 1. The van der Waals surface area contributed by atoms with Crippen molar-refractivity contribution in [2.75, 3.05) is 55.7 Å². The van der Waals surface area contributed by atoms with Gasteiger partial charge in [0.05, 0.1) is 24.6 Å². The summed E-state index contributed by atoms with van der Waals surface area (Å²) in [6.45, 7) is 11.3. The fourth-order valence-electron chi connectivity index (χ4n) is 7.25. The van der Waals surface area contributed by atoms with Gasteiger partial charge in [0.1, 0.15) is 5.82 Å². The molecule has 2 amide bonds. The van der Waals surface area contributed by atoms with Crippen LogP contribution in [0.5, 0.6) is 5.06 Å². The Hall–Kier alpha value is -2.65. The molecule has 6 rings (SSSR count). The van der Waals surface area contributed by atoms with Crippen LogP contribution in [0.3, 0.4) is 0 Å². The Balaban J connectivity index is 1.10. The first-order valence-electron chi connectivity index (χ1n) is 15.1. The van der Waals surface area contributed by atoms with E-state index in [2.05, 4.69) is 25.7 Å². The van der Waals surface area contributed by atoms with Gasteiger partial charge in [-0.25, -0.2) is 9.18 Å². The van der Waals surface area contributed by atoms with Crippen LogP contribution in [0.4, 0.5) is 20.6 Å². The Morgan fingerprint density at radius 3 is 2.39 bits per heavy atom. The van der Waals surface area contributed by atoms with E-state index in [4.69, 9.17) is 9.47 Å². The Bertz CT molecular complexity index is 1220. The van der Waals surface area contributed by atoms with Gasteiger partial charge in [-0.3, -0.25) is 9.69 Å². The summed E-state index contributed by atoms with van der Waals surface area (Å²) in [5.41, 5.74) is 1.32. The molecule has 0 bridgehead atoms. The average Bonchev–Trinajstić information content (AvgIpc) is 3.31. The molecule has 4 aliphatic rings. The van der Waals surface area contributed by atoms with Gasteiger partial charge in [0.2, 0.25) is 5.91 Å². The molecule has 1 aromatic carbocycles. The second-order valence-electron chi connectivity index (χ2n) is 13.3. The Morgan fingerprint density at radius 2 is 1.78 bits per heavy atom. The highest BCUT2D eigenvalue weighted by atomic mass is 32.1. The van der Waals surface area contributed by atoms with Crippen LogP contribution in [0, 0.1) is 40.8 Å². The topological polar surface area (TPSA) is 62.3 Å². The number of nitrogens with zero attached hydrogens (tertiary/aromatic N) is 3. The first kappa shape index (κ1) is 28.5. The van der Waals surface area contributed by atoms with Crippen molar-refractivity contribution in [3.63, 3.8) is 0 Å². The molecule has 2 atom stereocenters. The van der Waals surface area contributed by atoms with Gasteiger partial charge in [-0.2, -0.15) is 0 Å².